The Kier molecular flexibility index (Phi) is 6.80. The Labute approximate surface area is 174 Å². The van der Waals surface area contributed by atoms with Gasteiger partial charge in [-0.3, -0.25) is 9.69 Å². The first-order chi connectivity index (χ1) is 13.9. The summed E-state index contributed by atoms with van der Waals surface area (Å²) in [5.41, 5.74) is 3.23. The third kappa shape index (κ3) is 5.51. The first kappa shape index (κ1) is 21.2. The summed E-state index contributed by atoms with van der Waals surface area (Å²) < 4.78 is 5.49. The van der Waals surface area contributed by atoms with Crippen molar-refractivity contribution < 1.29 is 9.53 Å². The van der Waals surface area contributed by atoms with E-state index in [1.54, 1.807) is 7.11 Å². The highest BCUT2D eigenvalue weighted by atomic mass is 16.5. The lowest BCUT2D eigenvalue weighted by molar-refractivity contribution is -0.116. The van der Waals surface area contributed by atoms with Gasteiger partial charge in [0.15, 0.2) is 0 Å². The molecule has 0 saturated carbocycles. The molecule has 1 amide bonds. The Balaban J connectivity index is 1.49. The van der Waals surface area contributed by atoms with Crippen molar-refractivity contribution in [1.29, 1.82) is 0 Å². The van der Waals surface area contributed by atoms with Gasteiger partial charge in [0.05, 0.1) is 12.8 Å². The topological polar surface area (TPSA) is 44.8 Å². The molecule has 0 aromatic heterocycles. The first-order valence-electron chi connectivity index (χ1n) is 10.4. The van der Waals surface area contributed by atoms with E-state index in [1.807, 2.05) is 36.4 Å². The average Bonchev–Trinajstić information content (AvgIpc) is 2.72. The SMILES string of the molecule is COc1ccccc1N1CCN(CCC(=O)Nc2ccccc2C(C)(C)C)CC1. The maximum absolute atomic E-state index is 12.5. The van der Waals surface area contributed by atoms with Gasteiger partial charge in [0.2, 0.25) is 5.91 Å². The van der Waals surface area contributed by atoms with Gasteiger partial charge in [-0.25, -0.2) is 0 Å². The summed E-state index contributed by atoms with van der Waals surface area (Å²) in [5, 5.41) is 3.11. The maximum Gasteiger partial charge on any atom is 0.225 e. The average molecular weight is 396 g/mol. The van der Waals surface area contributed by atoms with Crippen LogP contribution in [0.15, 0.2) is 48.5 Å². The minimum atomic E-state index is -0.00129. The number of carbonyl (C=O) groups is 1. The van der Waals surface area contributed by atoms with E-state index in [0.717, 1.165) is 49.8 Å². The Morgan fingerprint density at radius 1 is 1.00 bits per heavy atom. The van der Waals surface area contributed by atoms with Gasteiger partial charge in [0.1, 0.15) is 5.75 Å². The number of hydrogen-bond acceptors (Lipinski definition) is 4. The predicted octanol–water partition coefficient (Wildman–Crippen LogP) is 4.14. The lowest BCUT2D eigenvalue weighted by Crippen LogP contribution is -2.47. The fourth-order valence-electron chi connectivity index (χ4n) is 3.82. The molecule has 5 nitrogen and oxygen atoms in total. The van der Waals surface area contributed by atoms with E-state index < -0.39 is 0 Å². The number of carbonyl (C=O) groups excluding carboxylic acids is 1. The number of nitrogens with one attached hydrogen (secondary N) is 1. The van der Waals surface area contributed by atoms with E-state index in [4.69, 9.17) is 4.74 Å². The Morgan fingerprint density at radius 3 is 2.34 bits per heavy atom. The summed E-state index contributed by atoms with van der Waals surface area (Å²) in [7, 11) is 1.71. The summed E-state index contributed by atoms with van der Waals surface area (Å²) in [5.74, 6) is 0.992. The monoisotopic (exact) mass is 395 g/mol. The molecule has 1 N–H and O–H groups in total. The molecule has 0 aliphatic carbocycles. The van der Waals surface area contributed by atoms with Crippen molar-refractivity contribution in [3.8, 4) is 5.75 Å². The number of methoxy groups -OCH3 is 1. The van der Waals surface area contributed by atoms with Crippen molar-refractivity contribution in [3.63, 3.8) is 0 Å². The van der Waals surface area contributed by atoms with Crippen LogP contribution in [0.1, 0.15) is 32.8 Å². The number of hydrogen-bond donors (Lipinski definition) is 1. The van der Waals surface area contributed by atoms with Crippen LogP contribution in [-0.4, -0.2) is 50.6 Å². The number of para-hydroxylation sites is 3. The van der Waals surface area contributed by atoms with Crippen molar-refractivity contribution in [2.45, 2.75) is 32.6 Å². The van der Waals surface area contributed by atoms with Crippen LogP contribution in [0.2, 0.25) is 0 Å². The molecule has 0 unspecified atom stereocenters. The molecular weight excluding hydrogens is 362 g/mol. The normalized spacial score (nSPS) is 15.2. The van der Waals surface area contributed by atoms with Crippen LogP contribution in [0.5, 0.6) is 5.75 Å². The highest BCUT2D eigenvalue weighted by molar-refractivity contribution is 5.91. The molecule has 2 aromatic rings. The van der Waals surface area contributed by atoms with Gasteiger partial charge in [-0.15, -0.1) is 0 Å². The molecule has 156 valence electrons. The van der Waals surface area contributed by atoms with Gasteiger partial charge in [0, 0.05) is 44.8 Å². The molecule has 3 rings (SSSR count). The van der Waals surface area contributed by atoms with Crippen LogP contribution < -0.4 is 15.0 Å². The second kappa shape index (κ2) is 9.31. The van der Waals surface area contributed by atoms with Gasteiger partial charge < -0.3 is 15.0 Å². The fraction of sp³-hybridized carbons (Fsp3) is 0.458. The number of nitrogens with zero attached hydrogens (tertiary/aromatic N) is 2. The van der Waals surface area contributed by atoms with Crippen molar-refractivity contribution in [1.82, 2.24) is 4.90 Å². The molecule has 0 atom stereocenters. The molecule has 0 bridgehead atoms. The summed E-state index contributed by atoms with van der Waals surface area (Å²) in [6, 6.07) is 16.2. The van der Waals surface area contributed by atoms with Gasteiger partial charge in [0.25, 0.3) is 0 Å². The van der Waals surface area contributed by atoms with Gasteiger partial charge in [-0.05, 0) is 29.2 Å². The Hall–Kier alpha value is -2.53. The predicted molar refractivity (Wildman–Crippen MR) is 120 cm³/mol. The molecular formula is C24H33N3O2. The number of rotatable bonds is 6. The van der Waals surface area contributed by atoms with Crippen molar-refractivity contribution >= 4 is 17.3 Å². The summed E-state index contributed by atoms with van der Waals surface area (Å²) in [4.78, 5) is 17.3. The number of ether oxygens (including phenoxy) is 1. The van der Waals surface area contributed by atoms with Gasteiger partial charge in [-0.2, -0.15) is 0 Å². The van der Waals surface area contributed by atoms with Crippen molar-refractivity contribution in [2.75, 3.05) is 50.1 Å². The highest BCUT2D eigenvalue weighted by Crippen LogP contribution is 2.30. The molecule has 5 heteroatoms. The minimum absolute atomic E-state index is 0.00129. The molecule has 0 radical (unpaired) electrons. The number of anilines is 2. The summed E-state index contributed by atoms with van der Waals surface area (Å²) in [6.45, 7) is 11.1. The molecule has 2 aromatic carbocycles. The minimum Gasteiger partial charge on any atom is -0.495 e. The Morgan fingerprint density at radius 2 is 1.66 bits per heavy atom. The number of amides is 1. The van der Waals surface area contributed by atoms with Crippen molar-refractivity contribution in [2.24, 2.45) is 0 Å². The summed E-state index contributed by atoms with van der Waals surface area (Å²) >= 11 is 0. The highest BCUT2D eigenvalue weighted by Gasteiger charge is 2.21. The van der Waals surface area contributed by atoms with Crippen LogP contribution in [0.3, 0.4) is 0 Å². The third-order valence-electron chi connectivity index (χ3n) is 5.46. The van der Waals surface area contributed by atoms with Crippen LogP contribution in [-0.2, 0) is 10.2 Å². The lowest BCUT2D eigenvalue weighted by Gasteiger charge is -2.36. The van der Waals surface area contributed by atoms with Crippen molar-refractivity contribution in [3.05, 3.63) is 54.1 Å². The summed E-state index contributed by atoms with van der Waals surface area (Å²) in [6.07, 6.45) is 0.507. The number of benzene rings is 2. The van der Waals surface area contributed by atoms with E-state index in [1.165, 1.54) is 5.56 Å². The fourth-order valence-corrected chi connectivity index (χ4v) is 3.82. The van der Waals surface area contributed by atoms with E-state index in [9.17, 15) is 4.79 Å². The smallest absolute Gasteiger partial charge is 0.225 e. The first-order valence-corrected chi connectivity index (χ1v) is 10.4. The van der Waals surface area contributed by atoms with E-state index >= 15 is 0 Å². The zero-order chi connectivity index (χ0) is 20.9. The molecule has 1 heterocycles. The van der Waals surface area contributed by atoms with E-state index in [2.05, 4.69) is 48.0 Å². The molecule has 1 saturated heterocycles. The van der Waals surface area contributed by atoms with Crippen LogP contribution in [0, 0.1) is 0 Å². The zero-order valence-electron chi connectivity index (χ0n) is 18.1. The van der Waals surface area contributed by atoms with E-state index in [-0.39, 0.29) is 11.3 Å². The van der Waals surface area contributed by atoms with Crippen LogP contribution >= 0.6 is 0 Å². The lowest BCUT2D eigenvalue weighted by atomic mass is 9.86. The zero-order valence-corrected chi connectivity index (χ0v) is 18.1. The molecule has 0 spiro atoms. The van der Waals surface area contributed by atoms with Gasteiger partial charge in [-0.1, -0.05) is 51.1 Å². The second-order valence-corrected chi connectivity index (χ2v) is 8.59. The standard InChI is InChI=1S/C24H33N3O2/c1-24(2,3)19-9-5-6-10-20(19)25-23(28)13-14-26-15-17-27(18-16-26)21-11-7-8-12-22(21)29-4/h5-12H,13-18H2,1-4H3,(H,25,28). The quantitative estimate of drug-likeness (QED) is 0.798. The second-order valence-electron chi connectivity index (χ2n) is 8.59. The molecule has 1 aliphatic heterocycles. The largest absolute Gasteiger partial charge is 0.495 e. The Bertz CT molecular complexity index is 821. The number of piperazine rings is 1. The molecule has 1 aliphatic rings. The maximum atomic E-state index is 12.5. The molecule has 1 fully saturated rings. The third-order valence-corrected chi connectivity index (χ3v) is 5.46. The van der Waals surface area contributed by atoms with Crippen LogP contribution in [0.25, 0.3) is 0 Å². The van der Waals surface area contributed by atoms with E-state index in [0.29, 0.717) is 6.42 Å². The van der Waals surface area contributed by atoms with Gasteiger partial charge >= 0.3 is 0 Å². The van der Waals surface area contributed by atoms with Crippen LogP contribution in [0.4, 0.5) is 11.4 Å². The molecule has 29 heavy (non-hydrogen) atoms.